The summed E-state index contributed by atoms with van der Waals surface area (Å²) in [7, 11) is 0. The second kappa shape index (κ2) is 4.30. The lowest BCUT2D eigenvalue weighted by molar-refractivity contribution is 0.161. The van der Waals surface area contributed by atoms with Gasteiger partial charge in [-0.2, -0.15) is 0 Å². The third kappa shape index (κ3) is 2.02. The number of H-pyrrole nitrogens is 1. The van der Waals surface area contributed by atoms with Gasteiger partial charge in [-0.15, -0.1) is 9.94 Å². The molecule has 18 heavy (non-hydrogen) atoms. The highest BCUT2D eigenvalue weighted by Gasteiger charge is 2.03. The number of aromatic amines is 1. The molecule has 6 heteroatoms. The molecule has 92 valence electrons. The average Bonchev–Trinajstić information content (AvgIpc) is 2.94. The topological polar surface area (TPSA) is 67.0 Å². The summed E-state index contributed by atoms with van der Waals surface area (Å²) in [6.07, 6.45) is 4.99. The Kier molecular flexibility index (Phi) is 2.64. The van der Waals surface area contributed by atoms with Gasteiger partial charge in [-0.05, 0) is 42.8 Å². The monoisotopic (exact) mass is 261 g/mol. The van der Waals surface area contributed by atoms with E-state index < -0.39 is 0 Å². The van der Waals surface area contributed by atoms with Gasteiger partial charge < -0.3 is 14.6 Å². The highest BCUT2D eigenvalue weighted by molar-refractivity contribution is 7.71. The number of oxazole rings is 1. The fraction of sp³-hybridized carbons (Fsp3) is 0.167. The van der Waals surface area contributed by atoms with Crippen LogP contribution in [0.4, 0.5) is 0 Å². The van der Waals surface area contributed by atoms with Crippen molar-refractivity contribution < 1.29 is 9.62 Å². The van der Waals surface area contributed by atoms with Crippen molar-refractivity contribution in [2.24, 2.45) is 0 Å². The molecule has 0 radical (unpaired) electrons. The number of nitrogens with one attached hydrogen (secondary N) is 1. The zero-order valence-corrected chi connectivity index (χ0v) is 10.3. The first kappa shape index (κ1) is 11.0. The van der Waals surface area contributed by atoms with E-state index in [1.54, 1.807) is 12.5 Å². The van der Waals surface area contributed by atoms with Gasteiger partial charge in [-0.25, -0.2) is 0 Å². The minimum Gasteiger partial charge on any atom is -0.438 e. The maximum absolute atomic E-state index is 9.39. The quantitative estimate of drug-likeness (QED) is 0.562. The molecule has 0 unspecified atom stereocenters. The fourth-order valence-electron chi connectivity index (χ4n) is 1.94. The number of aromatic nitrogens is 3. The molecule has 0 aliphatic heterocycles. The van der Waals surface area contributed by atoms with Crippen molar-refractivity contribution in [2.45, 2.75) is 12.8 Å². The van der Waals surface area contributed by atoms with Crippen LogP contribution >= 0.6 is 12.2 Å². The number of rotatable bonds is 3. The number of benzene rings is 1. The van der Waals surface area contributed by atoms with Gasteiger partial charge >= 0.3 is 0 Å². The van der Waals surface area contributed by atoms with Crippen molar-refractivity contribution in [3.8, 4) is 0 Å². The van der Waals surface area contributed by atoms with E-state index >= 15 is 0 Å². The first-order chi connectivity index (χ1) is 8.72. The van der Waals surface area contributed by atoms with E-state index in [0.29, 0.717) is 10.4 Å². The van der Waals surface area contributed by atoms with E-state index in [2.05, 4.69) is 10.1 Å². The molecule has 0 bridgehead atoms. The summed E-state index contributed by atoms with van der Waals surface area (Å²) < 4.78 is 5.04. The van der Waals surface area contributed by atoms with Crippen LogP contribution in [0.5, 0.6) is 0 Å². The van der Waals surface area contributed by atoms with Gasteiger partial charge in [0.25, 0.3) is 4.84 Å². The highest BCUT2D eigenvalue weighted by Crippen LogP contribution is 2.16. The molecule has 5 nitrogen and oxygen atoms in total. The number of aryl methyl sites for hydroxylation is 2. The normalized spacial score (nSPS) is 11.1. The molecule has 0 saturated carbocycles. The molecule has 0 saturated heterocycles. The van der Waals surface area contributed by atoms with E-state index in [9.17, 15) is 5.21 Å². The van der Waals surface area contributed by atoms with Crippen molar-refractivity contribution in [3.63, 3.8) is 0 Å². The molecule has 2 aromatic heterocycles. The van der Waals surface area contributed by atoms with Crippen molar-refractivity contribution in [2.75, 3.05) is 0 Å². The maximum atomic E-state index is 9.39. The van der Waals surface area contributed by atoms with Crippen LogP contribution in [0.25, 0.3) is 10.9 Å². The Bertz CT molecular complexity index is 741. The summed E-state index contributed by atoms with van der Waals surface area (Å²) in [6, 6.07) is 5.85. The average molecular weight is 261 g/mol. The van der Waals surface area contributed by atoms with Crippen LogP contribution in [-0.4, -0.2) is 20.1 Å². The maximum Gasteiger partial charge on any atom is 0.266 e. The van der Waals surface area contributed by atoms with E-state index in [-0.39, 0.29) is 0 Å². The number of hydrogen-bond donors (Lipinski definition) is 2. The SMILES string of the molecule is On1ncc2cc(CCc3coc(=S)[nH]3)ccc21. The van der Waals surface area contributed by atoms with Crippen LogP contribution < -0.4 is 0 Å². The third-order valence-electron chi connectivity index (χ3n) is 2.87. The molecule has 2 heterocycles. The summed E-state index contributed by atoms with van der Waals surface area (Å²) >= 11 is 4.87. The molecule has 0 amide bonds. The van der Waals surface area contributed by atoms with E-state index in [4.69, 9.17) is 16.6 Å². The lowest BCUT2D eigenvalue weighted by Crippen LogP contribution is -1.93. The van der Waals surface area contributed by atoms with Gasteiger partial charge in [0.05, 0.1) is 11.9 Å². The molecule has 0 atom stereocenters. The molecule has 0 aliphatic rings. The van der Waals surface area contributed by atoms with Crippen LogP contribution in [0.2, 0.25) is 0 Å². The van der Waals surface area contributed by atoms with E-state index in [1.807, 2.05) is 18.2 Å². The van der Waals surface area contributed by atoms with Crippen molar-refractivity contribution in [1.29, 1.82) is 0 Å². The first-order valence-electron chi connectivity index (χ1n) is 5.55. The Morgan fingerprint density at radius 2 is 2.28 bits per heavy atom. The first-order valence-corrected chi connectivity index (χ1v) is 5.96. The number of nitrogens with zero attached hydrogens (tertiary/aromatic N) is 2. The van der Waals surface area contributed by atoms with Crippen LogP contribution in [0.3, 0.4) is 0 Å². The smallest absolute Gasteiger partial charge is 0.266 e. The van der Waals surface area contributed by atoms with E-state index in [1.165, 1.54) is 5.56 Å². The molecule has 1 aromatic carbocycles. The van der Waals surface area contributed by atoms with Crippen molar-refractivity contribution in [1.82, 2.24) is 14.9 Å². The Balaban J connectivity index is 1.80. The molecular formula is C12H11N3O2S. The second-order valence-electron chi connectivity index (χ2n) is 4.10. The highest BCUT2D eigenvalue weighted by atomic mass is 32.1. The van der Waals surface area contributed by atoms with Crippen LogP contribution in [-0.2, 0) is 12.8 Å². The molecule has 0 fully saturated rings. The largest absolute Gasteiger partial charge is 0.438 e. The van der Waals surface area contributed by atoms with Gasteiger partial charge in [0.2, 0.25) is 0 Å². The van der Waals surface area contributed by atoms with Gasteiger partial charge in [-0.3, -0.25) is 0 Å². The van der Waals surface area contributed by atoms with Crippen LogP contribution in [0.1, 0.15) is 11.3 Å². The second-order valence-corrected chi connectivity index (χ2v) is 4.47. The minimum absolute atomic E-state index is 0.405. The predicted octanol–water partition coefficient (Wildman–Crippen LogP) is 2.71. The fourth-order valence-corrected chi connectivity index (χ4v) is 2.12. The zero-order valence-electron chi connectivity index (χ0n) is 9.46. The van der Waals surface area contributed by atoms with Crippen molar-refractivity contribution in [3.05, 3.63) is 46.8 Å². The van der Waals surface area contributed by atoms with Crippen LogP contribution in [0, 0.1) is 4.84 Å². The number of hydrogen-bond acceptors (Lipinski definition) is 4. The summed E-state index contributed by atoms with van der Waals surface area (Å²) in [5.41, 5.74) is 2.87. The zero-order chi connectivity index (χ0) is 12.5. The van der Waals surface area contributed by atoms with Gasteiger partial charge in [-0.1, -0.05) is 6.07 Å². The molecule has 0 aliphatic carbocycles. The molecular weight excluding hydrogens is 250 g/mol. The van der Waals surface area contributed by atoms with Gasteiger partial charge in [0.15, 0.2) is 0 Å². The summed E-state index contributed by atoms with van der Waals surface area (Å²) in [5, 5.41) is 14.1. The van der Waals surface area contributed by atoms with E-state index in [0.717, 1.165) is 28.8 Å². The summed E-state index contributed by atoms with van der Waals surface area (Å²) in [6.45, 7) is 0. The minimum atomic E-state index is 0.405. The molecule has 3 rings (SSSR count). The number of fused-ring (bicyclic) bond motifs is 1. The van der Waals surface area contributed by atoms with Crippen molar-refractivity contribution >= 4 is 23.1 Å². The molecule has 2 N–H and O–H groups in total. The Morgan fingerprint density at radius 3 is 3.06 bits per heavy atom. The van der Waals surface area contributed by atoms with Crippen LogP contribution in [0.15, 0.2) is 35.1 Å². The summed E-state index contributed by atoms with van der Waals surface area (Å²) in [4.78, 5) is 4.27. The standard InChI is InChI=1S/C12H11N3O2S/c16-15-11-4-2-8(5-9(11)6-13-15)1-3-10-7-17-12(18)14-10/h2,4-7,16H,1,3H2,(H,14,18). The lowest BCUT2D eigenvalue weighted by Gasteiger charge is -2.00. The Morgan fingerprint density at radius 1 is 1.39 bits per heavy atom. The Hall–Kier alpha value is -2.08. The summed E-state index contributed by atoms with van der Waals surface area (Å²) in [5.74, 6) is 0. The third-order valence-corrected chi connectivity index (χ3v) is 3.07. The Labute approximate surface area is 108 Å². The predicted molar refractivity (Wildman–Crippen MR) is 68.2 cm³/mol. The molecule has 3 aromatic rings. The molecule has 0 spiro atoms. The lowest BCUT2D eigenvalue weighted by atomic mass is 10.1. The van der Waals surface area contributed by atoms with Gasteiger partial charge in [0.1, 0.15) is 11.8 Å². The van der Waals surface area contributed by atoms with Gasteiger partial charge in [0, 0.05) is 5.39 Å².